The maximum atomic E-state index is 11.1. The fourth-order valence-corrected chi connectivity index (χ4v) is 2.64. The van der Waals surface area contributed by atoms with Gasteiger partial charge in [-0.3, -0.25) is 10.1 Å². The Bertz CT molecular complexity index is 456. The van der Waals surface area contributed by atoms with Gasteiger partial charge >= 0.3 is 0 Å². The summed E-state index contributed by atoms with van der Waals surface area (Å²) < 4.78 is 0. The normalized spacial score (nSPS) is 20.8. The second-order valence-corrected chi connectivity index (χ2v) is 5.27. The summed E-state index contributed by atoms with van der Waals surface area (Å²) in [5.41, 5.74) is 1.74. The quantitative estimate of drug-likeness (QED) is 0.647. The molecule has 0 bridgehead atoms. The topological polar surface area (TPSA) is 67.2 Å². The van der Waals surface area contributed by atoms with E-state index >= 15 is 0 Å². The van der Waals surface area contributed by atoms with Gasteiger partial charge in [-0.15, -0.1) is 0 Å². The minimum atomic E-state index is -0.318. The Morgan fingerprint density at radius 2 is 2.32 bits per heavy atom. The van der Waals surface area contributed by atoms with Gasteiger partial charge in [0.25, 0.3) is 5.69 Å². The van der Waals surface area contributed by atoms with Crippen molar-refractivity contribution in [1.82, 2.24) is 5.32 Å². The third-order valence-corrected chi connectivity index (χ3v) is 3.86. The second-order valence-electron chi connectivity index (χ2n) is 5.27. The number of aryl methyl sites for hydroxylation is 1. The van der Waals surface area contributed by atoms with E-state index < -0.39 is 0 Å². The molecule has 0 aromatic heterocycles. The number of rotatable bonds is 4. The molecule has 5 nitrogen and oxygen atoms in total. The van der Waals surface area contributed by atoms with E-state index in [0.717, 1.165) is 18.7 Å². The Labute approximate surface area is 113 Å². The van der Waals surface area contributed by atoms with Gasteiger partial charge in [-0.1, -0.05) is 12.1 Å². The minimum absolute atomic E-state index is 0.163. The monoisotopic (exact) mass is 263 g/mol. The van der Waals surface area contributed by atoms with Crippen LogP contribution in [-0.2, 0) is 0 Å². The lowest BCUT2D eigenvalue weighted by atomic mass is 9.92. The van der Waals surface area contributed by atoms with E-state index in [2.05, 4.69) is 17.6 Å². The molecule has 1 aliphatic heterocycles. The zero-order chi connectivity index (χ0) is 13.8. The number of piperidine rings is 1. The molecule has 1 aromatic rings. The molecule has 0 amide bonds. The van der Waals surface area contributed by atoms with Crippen LogP contribution in [0.1, 0.15) is 25.3 Å². The van der Waals surface area contributed by atoms with Crippen molar-refractivity contribution in [3.05, 3.63) is 33.9 Å². The van der Waals surface area contributed by atoms with Crippen LogP contribution >= 0.6 is 0 Å². The molecule has 104 valence electrons. The van der Waals surface area contributed by atoms with Crippen molar-refractivity contribution in [2.24, 2.45) is 5.92 Å². The average Bonchev–Trinajstić information content (AvgIpc) is 2.41. The van der Waals surface area contributed by atoms with Gasteiger partial charge in [0.05, 0.1) is 4.92 Å². The molecule has 2 atom stereocenters. The highest BCUT2D eigenvalue weighted by atomic mass is 16.6. The highest BCUT2D eigenvalue weighted by molar-refractivity contribution is 5.66. The molecule has 0 radical (unpaired) electrons. The molecule has 2 rings (SSSR count). The number of anilines is 1. The standard InChI is InChI=1S/C14H21N3O2/c1-10-5-3-7-13(17(18)19)14(10)16-11(2)12-6-4-8-15-9-12/h3,5,7,11-12,15-16H,4,6,8-9H2,1-2H3. The van der Waals surface area contributed by atoms with Crippen LogP contribution < -0.4 is 10.6 Å². The van der Waals surface area contributed by atoms with Gasteiger partial charge in [-0.25, -0.2) is 0 Å². The lowest BCUT2D eigenvalue weighted by Gasteiger charge is -2.29. The molecular formula is C14H21N3O2. The van der Waals surface area contributed by atoms with E-state index in [1.165, 1.54) is 12.8 Å². The van der Waals surface area contributed by atoms with E-state index in [0.29, 0.717) is 11.6 Å². The fraction of sp³-hybridized carbons (Fsp3) is 0.571. The minimum Gasteiger partial charge on any atom is -0.376 e. The van der Waals surface area contributed by atoms with Crippen molar-refractivity contribution in [1.29, 1.82) is 0 Å². The van der Waals surface area contributed by atoms with Gasteiger partial charge in [0, 0.05) is 12.1 Å². The van der Waals surface area contributed by atoms with Crippen LogP contribution in [0.4, 0.5) is 11.4 Å². The van der Waals surface area contributed by atoms with Crippen molar-refractivity contribution in [3.8, 4) is 0 Å². The van der Waals surface area contributed by atoms with Gasteiger partial charge in [-0.2, -0.15) is 0 Å². The summed E-state index contributed by atoms with van der Waals surface area (Å²) >= 11 is 0. The molecule has 1 fully saturated rings. The van der Waals surface area contributed by atoms with E-state index in [1.54, 1.807) is 12.1 Å². The molecule has 1 saturated heterocycles. The summed E-state index contributed by atoms with van der Waals surface area (Å²) in [6.07, 6.45) is 2.34. The number of nitrogens with one attached hydrogen (secondary N) is 2. The van der Waals surface area contributed by atoms with Crippen molar-refractivity contribution >= 4 is 11.4 Å². The Hall–Kier alpha value is -1.62. The van der Waals surface area contributed by atoms with Crippen LogP contribution in [0.25, 0.3) is 0 Å². The SMILES string of the molecule is Cc1cccc([N+](=O)[O-])c1NC(C)C1CCCNC1. The van der Waals surface area contributed by atoms with Crippen LogP contribution in [0.2, 0.25) is 0 Å². The van der Waals surface area contributed by atoms with Gasteiger partial charge in [0.1, 0.15) is 5.69 Å². The number of nitro groups is 1. The largest absolute Gasteiger partial charge is 0.376 e. The highest BCUT2D eigenvalue weighted by Crippen LogP contribution is 2.30. The van der Waals surface area contributed by atoms with Crippen LogP contribution in [0.5, 0.6) is 0 Å². The van der Waals surface area contributed by atoms with Crippen LogP contribution in [0.3, 0.4) is 0 Å². The Morgan fingerprint density at radius 3 is 2.95 bits per heavy atom. The van der Waals surface area contributed by atoms with E-state index in [1.807, 2.05) is 13.0 Å². The summed E-state index contributed by atoms with van der Waals surface area (Å²) in [5.74, 6) is 0.521. The third kappa shape index (κ3) is 3.23. The first-order chi connectivity index (χ1) is 9.09. The Morgan fingerprint density at radius 1 is 1.53 bits per heavy atom. The summed E-state index contributed by atoms with van der Waals surface area (Å²) in [7, 11) is 0. The lowest BCUT2D eigenvalue weighted by Crippen LogP contribution is -2.39. The molecule has 0 saturated carbocycles. The van der Waals surface area contributed by atoms with Gasteiger partial charge < -0.3 is 10.6 Å². The molecule has 1 aromatic carbocycles. The van der Waals surface area contributed by atoms with E-state index in [9.17, 15) is 10.1 Å². The summed E-state index contributed by atoms with van der Waals surface area (Å²) in [6, 6.07) is 5.42. The van der Waals surface area contributed by atoms with E-state index in [-0.39, 0.29) is 16.7 Å². The smallest absolute Gasteiger partial charge is 0.292 e. The second kappa shape index (κ2) is 6.02. The molecule has 0 aliphatic carbocycles. The van der Waals surface area contributed by atoms with Gasteiger partial charge in [0.15, 0.2) is 0 Å². The number of hydrogen-bond donors (Lipinski definition) is 2. The number of hydrogen-bond acceptors (Lipinski definition) is 4. The molecule has 1 heterocycles. The predicted octanol–water partition coefficient (Wildman–Crippen LogP) is 2.70. The Balaban J connectivity index is 2.15. The fourth-order valence-electron chi connectivity index (χ4n) is 2.64. The van der Waals surface area contributed by atoms with Crippen LogP contribution in [0, 0.1) is 23.0 Å². The highest BCUT2D eigenvalue weighted by Gasteiger charge is 2.23. The number of benzene rings is 1. The number of para-hydroxylation sites is 1. The molecule has 2 unspecified atom stereocenters. The van der Waals surface area contributed by atoms with E-state index in [4.69, 9.17) is 0 Å². The van der Waals surface area contributed by atoms with Crippen molar-refractivity contribution < 1.29 is 4.92 Å². The molecular weight excluding hydrogens is 242 g/mol. The van der Waals surface area contributed by atoms with Crippen molar-refractivity contribution in [2.45, 2.75) is 32.7 Å². The molecule has 19 heavy (non-hydrogen) atoms. The summed E-state index contributed by atoms with van der Waals surface area (Å²) in [6.45, 7) is 6.07. The third-order valence-electron chi connectivity index (χ3n) is 3.86. The number of nitro benzene ring substituents is 1. The van der Waals surface area contributed by atoms with Gasteiger partial charge in [0.2, 0.25) is 0 Å². The van der Waals surface area contributed by atoms with Gasteiger partial charge in [-0.05, 0) is 51.3 Å². The maximum absolute atomic E-state index is 11.1. The first kappa shape index (κ1) is 13.8. The molecule has 1 aliphatic rings. The zero-order valence-corrected chi connectivity index (χ0v) is 11.5. The number of nitrogens with zero attached hydrogens (tertiary/aromatic N) is 1. The van der Waals surface area contributed by atoms with Crippen molar-refractivity contribution in [2.75, 3.05) is 18.4 Å². The first-order valence-electron chi connectivity index (χ1n) is 6.81. The molecule has 2 N–H and O–H groups in total. The zero-order valence-electron chi connectivity index (χ0n) is 11.5. The predicted molar refractivity (Wildman–Crippen MR) is 76.5 cm³/mol. The van der Waals surface area contributed by atoms with Crippen LogP contribution in [-0.4, -0.2) is 24.1 Å². The maximum Gasteiger partial charge on any atom is 0.292 e. The lowest BCUT2D eigenvalue weighted by molar-refractivity contribution is -0.384. The molecule has 5 heteroatoms. The molecule has 0 spiro atoms. The first-order valence-corrected chi connectivity index (χ1v) is 6.81. The van der Waals surface area contributed by atoms with Crippen molar-refractivity contribution in [3.63, 3.8) is 0 Å². The summed E-state index contributed by atoms with van der Waals surface area (Å²) in [5, 5.41) is 17.8. The van der Waals surface area contributed by atoms with Crippen LogP contribution in [0.15, 0.2) is 18.2 Å². The average molecular weight is 263 g/mol. The Kier molecular flexibility index (Phi) is 4.37. The summed E-state index contributed by atoms with van der Waals surface area (Å²) in [4.78, 5) is 10.8.